The van der Waals surface area contributed by atoms with E-state index in [1.54, 1.807) is 7.11 Å². The number of methoxy groups -OCH3 is 1. The third-order valence-electron chi connectivity index (χ3n) is 12.4. The van der Waals surface area contributed by atoms with Gasteiger partial charge in [0.1, 0.15) is 23.0 Å². The first-order valence-electron chi connectivity index (χ1n) is 19.2. The van der Waals surface area contributed by atoms with Gasteiger partial charge in [-0.05, 0) is 128 Å². The third kappa shape index (κ3) is 5.37. The van der Waals surface area contributed by atoms with E-state index in [0.717, 1.165) is 52.0 Å². The van der Waals surface area contributed by atoms with Crippen LogP contribution >= 0.6 is 0 Å². The van der Waals surface area contributed by atoms with Crippen molar-refractivity contribution in [2.24, 2.45) is 0 Å². The van der Waals surface area contributed by atoms with Crippen LogP contribution in [0.2, 0.25) is 0 Å². The molecule has 3 aliphatic rings. The van der Waals surface area contributed by atoms with Crippen LogP contribution in [0.15, 0.2) is 133 Å². The standard InChI is InChI=1S/C50H44O6/c1-31(51)54-34-19-15-32(16-20-34)50(40-13-9-7-11-38(40)39-12-8-10-14-41(39)50)33-17-21-35(22-18-33)55-46(52)56-37-24-26-43-45(28-37)49(30-48(43,4)5)29-47(2,3)42-25-23-36(53-6)27-44(42)49/h7-28H,29-30H2,1-6H3. The van der Waals surface area contributed by atoms with Crippen LogP contribution in [0.1, 0.15) is 92.0 Å². The van der Waals surface area contributed by atoms with Crippen molar-refractivity contribution in [3.05, 3.63) is 178 Å². The molecule has 0 N–H and O–H groups in total. The molecule has 6 heteroatoms. The van der Waals surface area contributed by atoms with E-state index < -0.39 is 11.6 Å². The van der Waals surface area contributed by atoms with Gasteiger partial charge in [-0.15, -0.1) is 0 Å². The van der Waals surface area contributed by atoms with Crippen molar-refractivity contribution in [2.75, 3.05) is 7.11 Å². The molecule has 0 fully saturated rings. The molecule has 6 aromatic rings. The fourth-order valence-corrected chi connectivity index (χ4v) is 10.4. The summed E-state index contributed by atoms with van der Waals surface area (Å²) in [4.78, 5) is 25.2. The molecule has 0 radical (unpaired) electrons. The average molecular weight is 741 g/mol. The van der Waals surface area contributed by atoms with Crippen LogP contribution in [-0.4, -0.2) is 19.2 Å². The molecule has 280 valence electrons. The first kappa shape index (κ1) is 35.6. The molecular weight excluding hydrogens is 697 g/mol. The van der Waals surface area contributed by atoms with Crippen LogP contribution < -0.4 is 18.9 Å². The molecule has 9 rings (SSSR count). The van der Waals surface area contributed by atoms with E-state index in [0.29, 0.717) is 17.2 Å². The summed E-state index contributed by atoms with van der Waals surface area (Å²) in [5, 5.41) is 0. The molecule has 0 aromatic heterocycles. The minimum Gasteiger partial charge on any atom is -0.497 e. The second kappa shape index (κ2) is 12.7. The summed E-state index contributed by atoms with van der Waals surface area (Å²) in [7, 11) is 1.71. The summed E-state index contributed by atoms with van der Waals surface area (Å²) >= 11 is 0. The molecule has 6 aromatic carbocycles. The lowest BCUT2D eigenvalue weighted by Gasteiger charge is -2.34. The van der Waals surface area contributed by atoms with Crippen LogP contribution in [0.25, 0.3) is 11.1 Å². The largest absolute Gasteiger partial charge is 0.519 e. The minimum absolute atomic E-state index is 0.0319. The second-order valence-electron chi connectivity index (χ2n) is 16.8. The van der Waals surface area contributed by atoms with E-state index in [4.69, 9.17) is 18.9 Å². The first-order chi connectivity index (χ1) is 26.9. The Bertz CT molecular complexity index is 2500. The lowest BCUT2D eigenvalue weighted by atomic mass is 9.68. The van der Waals surface area contributed by atoms with Crippen LogP contribution in [0.3, 0.4) is 0 Å². The zero-order valence-electron chi connectivity index (χ0n) is 32.6. The molecule has 1 atom stereocenters. The quantitative estimate of drug-likeness (QED) is 0.0960. The predicted octanol–water partition coefficient (Wildman–Crippen LogP) is 11.2. The van der Waals surface area contributed by atoms with Gasteiger partial charge in [-0.25, -0.2) is 4.79 Å². The van der Waals surface area contributed by atoms with Crippen LogP contribution in [0.4, 0.5) is 4.79 Å². The number of hydrogen-bond acceptors (Lipinski definition) is 6. The number of carbonyl (C=O) groups excluding carboxylic acids is 2. The zero-order valence-corrected chi connectivity index (χ0v) is 32.6. The topological polar surface area (TPSA) is 71.1 Å². The van der Waals surface area contributed by atoms with Crippen LogP contribution in [-0.2, 0) is 26.5 Å². The maximum Gasteiger partial charge on any atom is 0.519 e. The van der Waals surface area contributed by atoms with E-state index in [-0.39, 0.29) is 22.2 Å². The molecule has 0 amide bonds. The fraction of sp³-hybridized carbons (Fsp3) is 0.240. The Labute approximate surface area is 328 Å². The molecule has 0 saturated carbocycles. The summed E-state index contributed by atoms with van der Waals surface area (Å²) in [6.07, 6.45) is 1.10. The molecular formula is C50H44O6. The van der Waals surface area contributed by atoms with Gasteiger partial charge in [0.15, 0.2) is 0 Å². The van der Waals surface area contributed by atoms with E-state index in [9.17, 15) is 9.59 Å². The number of fused-ring (bicyclic) bond motifs is 7. The van der Waals surface area contributed by atoms with Gasteiger partial charge in [-0.2, -0.15) is 0 Å². The van der Waals surface area contributed by atoms with Gasteiger partial charge in [-0.1, -0.05) is 113 Å². The number of hydrogen-bond donors (Lipinski definition) is 0. The Hall–Kier alpha value is -6.14. The van der Waals surface area contributed by atoms with Crippen molar-refractivity contribution in [3.8, 4) is 34.1 Å². The number of carbonyl (C=O) groups is 2. The molecule has 0 heterocycles. The smallest absolute Gasteiger partial charge is 0.497 e. The van der Waals surface area contributed by atoms with Gasteiger partial charge in [0.25, 0.3) is 0 Å². The lowest BCUT2D eigenvalue weighted by Crippen LogP contribution is -2.28. The van der Waals surface area contributed by atoms with E-state index in [1.807, 2.05) is 60.7 Å². The third-order valence-corrected chi connectivity index (χ3v) is 12.4. The maximum absolute atomic E-state index is 13.5. The second-order valence-corrected chi connectivity index (χ2v) is 16.8. The van der Waals surface area contributed by atoms with Gasteiger partial charge in [-0.3, -0.25) is 4.79 Å². The fourth-order valence-electron chi connectivity index (χ4n) is 10.4. The highest BCUT2D eigenvalue weighted by atomic mass is 16.7. The number of benzene rings is 6. The van der Waals surface area contributed by atoms with Gasteiger partial charge in [0.2, 0.25) is 0 Å². The molecule has 56 heavy (non-hydrogen) atoms. The number of rotatable bonds is 6. The van der Waals surface area contributed by atoms with E-state index >= 15 is 0 Å². The number of ether oxygens (including phenoxy) is 4. The van der Waals surface area contributed by atoms with Crippen molar-refractivity contribution in [2.45, 2.75) is 69.1 Å². The molecule has 1 spiro atoms. The van der Waals surface area contributed by atoms with Gasteiger partial charge in [0, 0.05) is 12.3 Å². The molecule has 1 unspecified atom stereocenters. The summed E-state index contributed by atoms with van der Waals surface area (Å²) < 4.78 is 22.8. The minimum atomic E-state index is -0.801. The number of esters is 1. The van der Waals surface area contributed by atoms with Gasteiger partial charge >= 0.3 is 12.1 Å². The molecule has 3 aliphatic carbocycles. The summed E-state index contributed by atoms with van der Waals surface area (Å²) in [5.41, 5.74) is 10.7. The van der Waals surface area contributed by atoms with Gasteiger partial charge < -0.3 is 18.9 Å². The maximum atomic E-state index is 13.5. The Morgan fingerprint density at radius 1 is 0.482 bits per heavy atom. The van der Waals surface area contributed by atoms with Crippen LogP contribution in [0, 0.1) is 0 Å². The average Bonchev–Trinajstić information content (AvgIpc) is 3.70. The van der Waals surface area contributed by atoms with Crippen molar-refractivity contribution in [3.63, 3.8) is 0 Å². The van der Waals surface area contributed by atoms with Crippen LogP contribution in [0.5, 0.6) is 23.0 Å². The monoisotopic (exact) mass is 740 g/mol. The van der Waals surface area contributed by atoms with E-state index in [2.05, 4.69) is 100 Å². The van der Waals surface area contributed by atoms with Crippen molar-refractivity contribution in [1.82, 2.24) is 0 Å². The summed E-state index contributed by atoms with van der Waals surface area (Å²) in [5.74, 6) is 1.78. The zero-order chi connectivity index (χ0) is 39.0. The highest BCUT2D eigenvalue weighted by molar-refractivity contribution is 5.86. The Balaban J connectivity index is 1.03. The molecule has 0 saturated heterocycles. The molecule has 6 nitrogen and oxygen atoms in total. The van der Waals surface area contributed by atoms with Gasteiger partial charge in [0.05, 0.1) is 12.5 Å². The first-order valence-corrected chi connectivity index (χ1v) is 19.2. The summed E-state index contributed by atoms with van der Waals surface area (Å²) in [6, 6.07) is 44.7. The van der Waals surface area contributed by atoms with E-state index in [1.165, 1.54) is 29.2 Å². The molecule has 0 aliphatic heterocycles. The Kier molecular flexibility index (Phi) is 8.07. The highest BCUT2D eigenvalue weighted by Crippen LogP contribution is 2.63. The Morgan fingerprint density at radius 2 is 0.911 bits per heavy atom. The summed E-state index contributed by atoms with van der Waals surface area (Å²) in [6.45, 7) is 10.6. The SMILES string of the molecule is COc1ccc2c(c1)C1(CC2(C)C)CC(C)(C)c2ccc(OC(=O)Oc3ccc(C4(c5ccc(OC(C)=O)cc5)c5ccccc5-c5ccccc54)cc3)cc21. The normalized spacial score (nSPS) is 18.7. The molecule has 0 bridgehead atoms. The van der Waals surface area contributed by atoms with Crippen molar-refractivity contribution >= 4 is 12.1 Å². The predicted molar refractivity (Wildman–Crippen MR) is 217 cm³/mol. The van der Waals surface area contributed by atoms with Crippen molar-refractivity contribution in [1.29, 1.82) is 0 Å². The van der Waals surface area contributed by atoms with Crippen molar-refractivity contribution < 1.29 is 28.5 Å². The Morgan fingerprint density at radius 3 is 1.41 bits per heavy atom. The highest BCUT2D eigenvalue weighted by Gasteiger charge is 2.56. The lowest BCUT2D eigenvalue weighted by molar-refractivity contribution is -0.131.